The van der Waals surface area contributed by atoms with Crippen molar-refractivity contribution in [1.82, 2.24) is 0 Å². The number of ketones is 1. The largest absolute Gasteiger partial charge is 0.497 e. The standard InChI is InChI=1S/C24H20N4O3S/c1-3-31-16-10-4-13(5-11-16)18-17(12-25)23(27)28-24-19(18)20(26)22(32-24)21(29)14-6-8-15(30-2)9-7-14/h4-11H,3,26H2,1-2H3,(H2,27,28)/p+1. The average Bonchev–Trinajstić information content (AvgIpc) is 3.14. The van der Waals surface area contributed by atoms with Gasteiger partial charge in [-0.05, 0) is 48.9 Å². The van der Waals surface area contributed by atoms with Gasteiger partial charge in [-0.15, -0.1) is 0 Å². The summed E-state index contributed by atoms with van der Waals surface area (Å²) in [5, 5.41) is 10.4. The third kappa shape index (κ3) is 3.59. The van der Waals surface area contributed by atoms with Gasteiger partial charge in [0.05, 0.1) is 24.8 Å². The number of nitrogens with one attached hydrogen (secondary N) is 1. The predicted octanol–water partition coefficient (Wildman–Crippen LogP) is 4.06. The highest BCUT2D eigenvalue weighted by atomic mass is 32.1. The van der Waals surface area contributed by atoms with E-state index in [9.17, 15) is 10.1 Å². The molecule has 0 unspecified atom stereocenters. The molecule has 8 heteroatoms. The van der Waals surface area contributed by atoms with Gasteiger partial charge in [-0.25, -0.2) is 4.98 Å². The van der Waals surface area contributed by atoms with Crippen molar-refractivity contribution in [2.24, 2.45) is 0 Å². The second-order valence-corrected chi connectivity index (χ2v) is 7.99. The fourth-order valence-corrected chi connectivity index (χ4v) is 4.66. The highest BCUT2D eigenvalue weighted by Gasteiger charge is 2.27. The number of benzene rings is 2. The van der Waals surface area contributed by atoms with Crippen LogP contribution in [0, 0.1) is 11.3 Å². The van der Waals surface area contributed by atoms with Gasteiger partial charge in [-0.3, -0.25) is 10.5 Å². The molecule has 7 nitrogen and oxygen atoms in total. The van der Waals surface area contributed by atoms with Crippen molar-refractivity contribution in [3.8, 4) is 28.7 Å². The van der Waals surface area contributed by atoms with Gasteiger partial charge in [-0.2, -0.15) is 5.26 Å². The molecule has 0 atom stereocenters. The summed E-state index contributed by atoms with van der Waals surface area (Å²) in [4.78, 5) is 17.2. The first kappa shape index (κ1) is 21.2. The summed E-state index contributed by atoms with van der Waals surface area (Å²) in [5.41, 5.74) is 15.1. The van der Waals surface area contributed by atoms with Crippen LogP contribution in [0.2, 0.25) is 0 Å². The van der Waals surface area contributed by atoms with Gasteiger partial charge in [0.15, 0.2) is 4.83 Å². The zero-order valence-electron chi connectivity index (χ0n) is 17.6. The molecule has 0 aliphatic rings. The molecule has 4 aromatic rings. The number of aromatic amines is 1. The van der Waals surface area contributed by atoms with E-state index in [1.54, 1.807) is 31.4 Å². The van der Waals surface area contributed by atoms with Gasteiger partial charge in [-0.1, -0.05) is 23.5 Å². The van der Waals surface area contributed by atoms with E-state index in [2.05, 4.69) is 11.1 Å². The van der Waals surface area contributed by atoms with Crippen LogP contribution >= 0.6 is 11.3 Å². The van der Waals surface area contributed by atoms with Crippen LogP contribution in [0.5, 0.6) is 11.5 Å². The Bertz CT molecular complexity index is 1350. The minimum atomic E-state index is -0.213. The van der Waals surface area contributed by atoms with Gasteiger partial charge in [0.1, 0.15) is 28.0 Å². The number of nitrogens with two attached hydrogens (primary N) is 2. The van der Waals surface area contributed by atoms with Gasteiger partial charge in [0.2, 0.25) is 5.78 Å². The molecular weight excluding hydrogens is 424 g/mol. The second kappa shape index (κ2) is 8.57. The monoisotopic (exact) mass is 445 g/mol. The number of fused-ring (bicyclic) bond motifs is 1. The third-order valence-corrected chi connectivity index (χ3v) is 6.21. The molecular formula is C24H21N4O3S+. The van der Waals surface area contributed by atoms with E-state index in [4.69, 9.17) is 20.9 Å². The molecule has 0 spiro atoms. The average molecular weight is 446 g/mol. The number of hydrogen-bond donors (Lipinski definition) is 2. The number of pyridine rings is 1. The minimum Gasteiger partial charge on any atom is -0.497 e. The van der Waals surface area contributed by atoms with Crippen LogP contribution < -0.4 is 25.9 Å². The Morgan fingerprint density at radius 2 is 1.75 bits per heavy atom. The van der Waals surface area contributed by atoms with Crippen molar-refractivity contribution in [2.75, 3.05) is 25.2 Å². The molecule has 32 heavy (non-hydrogen) atoms. The Morgan fingerprint density at radius 1 is 1.09 bits per heavy atom. The Labute approximate surface area is 188 Å². The van der Waals surface area contributed by atoms with Gasteiger partial charge in [0, 0.05) is 11.1 Å². The van der Waals surface area contributed by atoms with Crippen molar-refractivity contribution < 1.29 is 19.3 Å². The number of anilines is 2. The highest BCUT2D eigenvalue weighted by Crippen LogP contribution is 2.42. The van der Waals surface area contributed by atoms with Crippen molar-refractivity contribution in [1.29, 1.82) is 5.26 Å². The highest BCUT2D eigenvalue weighted by molar-refractivity contribution is 7.21. The third-order valence-electron chi connectivity index (χ3n) is 5.09. The summed E-state index contributed by atoms with van der Waals surface area (Å²) in [7, 11) is 1.57. The number of aromatic nitrogens is 1. The summed E-state index contributed by atoms with van der Waals surface area (Å²) in [6.45, 7) is 2.46. The lowest BCUT2D eigenvalue weighted by Crippen LogP contribution is -2.13. The Hall–Kier alpha value is -4.09. The Balaban J connectivity index is 1.91. The Kier molecular flexibility index (Phi) is 5.67. The number of rotatable bonds is 6. The molecule has 0 bridgehead atoms. The maximum absolute atomic E-state index is 13.2. The lowest BCUT2D eigenvalue weighted by Gasteiger charge is -2.09. The molecule has 0 radical (unpaired) electrons. The number of thiophene rings is 1. The van der Waals surface area contributed by atoms with Crippen LogP contribution in [-0.4, -0.2) is 19.5 Å². The maximum Gasteiger partial charge on any atom is 0.290 e. The van der Waals surface area contributed by atoms with E-state index in [0.717, 1.165) is 11.3 Å². The smallest absolute Gasteiger partial charge is 0.290 e. The van der Waals surface area contributed by atoms with E-state index < -0.39 is 0 Å². The van der Waals surface area contributed by atoms with Crippen molar-refractivity contribution in [2.45, 2.75) is 6.92 Å². The zero-order valence-corrected chi connectivity index (χ0v) is 18.4. The summed E-state index contributed by atoms with van der Waals surface area (Å²) in [6, 6.07) is 16.3. The Morgan fingerprint density at radius 3 is 2.34 bits per heavy atom. The zero-order chi connectivity index (χ0) is 22.8. The molecule has 0 saturated carbocycles. The van der Waals surface area contributed by atoms with Crippen molar-refractivity contribution >= 4 is 38.8 Å². The second-order valence-electron chi connectivity index (χ2n) is 6.96. The first-order valence-electron chi connectivity index (χ1n) is 9.87. The van der Waals surface area contributed by atoms with E-state index in [1.165, 1.54) is 11.3 Å². The van der Waals surface area contributed by atoms with Gasteiger partial charge < -0.3 is 15.2 Å². The molecule has 0 amide bonds. The van der Waals surface area contributed by atoms with E-state index in [1.807, 2.05) is 31.2 Å². The maximum atomic E-state index is 13.2. The van der Waals surface area contributed by atoms with Crippen LogP contribution in [0.4, 0.5) is 11.5 Å². The van der Waals surface area contributed by atoms with Gasteiger partial charge >= 0.3 is 0 Å². The van der Waals surface area contributed by atoms with Crippen LogP contribution in [0.25, 0.3) is 21.3 Å². The van der Waals surface area contributed by atoms with Crippen molar-refractivity contribution in [3.05, 3.63) is 64.5 Å². The fourth-order valence-electron chi connectivity index (χ4n) is 3.56. The molecule has 2 aromatic carbocycles. The number of nitrogen functional groups attached to an aromatic ring is 2. The van der Waals surface area contributed by atoms with Gasteiger partial charge in [0.25, 0.3) is 5.82 Å². The number of nitrogens with zero attached hydrogens (tertiary/aromatic N) is 1. The summed E-state index contributed by atoms with van der Waals surface area (Å²) >= 11 is 1.21. The van der Waals surface area contributed by atoms with Crippen LogP contribution in [0.1, 0.15) is 27.7 Å². The molecule has 160 valence electrons. The van der Waals surface area contributed by atoms with E-state index in [-0.39, 0.29) is 17.2 Å². The van der Waals surface area contributed by atoms with Crippen molar-refractivity contribution in [3.63, 3.8) is 0 Å². The summed E-state index contributed by atoms with van der Waals surface area (Å²) < 4.78 is 10.7. The number of H-pyrrole nitrogens is 1. The number of ether oxygens (including phenoxy) is 2. The SMILES string of the molecule is CCOc1ccc(-c2c(C#N)c(N)[nH+]c3sc(C(=O)c4ccc(OC)cc4)c(N)c23)cc1. The van der Waals surface area contributed by atoms with Crippen LogP contribution in [0.15, 0.2) is 48.5 Å². The number of hydrogen-bond acceptors (Lipinski definition) is 7. The molecule has 2 heterocycles. The molecule has 5 N–H and O–H groups in total. The molecule has 0 saturated heterocycles. The number of carbonyl (C=O) groups is 1. The number of methoxy groups -OCH3 is 1. The predicted molar refractivity (Wildman–Crippen MR) is 125 cm³/mol. The normalized spacial score (nSPS) is 10.7. The van der Waals surface area contributed by atoms with Crippen LogP contribution in [0.3, 0.4) is 0 Å². The lowest BCUT2D eigenvalue weighted by molar-refractivity contribution is -0.323. The van der Waals surface area contributed by atoms with Crippen LogP contribution in [-0.2, 0) is 0 Å². The topological polar surface area (TPSA) is 126 Å². The summed E-state index contributed by atoms with van der Waals surface area (Å²) in [5.74, 6) is 1.38. The number of carbonyl (C=O) groups excluding carboxylic acids is 1. The van der Waals surface area contributed by atoms with E-state index >= 15 is 0 Å². The lowest BCUT2D eigenvalue weighted by atomic mass is 9.96. The summed E-state index contributed by atoms with van der Waals surface area (Å²) in [6.07, 6.45) is 0. The first-order chi connectivity index (χ1) is 15.5. The minimum absolute atomic E-state index is 0.213. The molecule has 0 aliphatic heterocycles. The molecule has 2 aromatic heterocycles. The number of nitriles is 1. The molecule has 4 rings (SSSR count). The quantitative estimate of drug-likeness (QED) is 0.431. The molecule has 0 fully saturated rings. The van der Waals surface area contributed by atoms with E-state index in [0.29, 0.717) is 44.3 Å². The fraction of sp³-hybridized carbons (Fsp3) is 0.125. The first-order valence-corrected chi connectivity index (χ1v) is 10.7. The molecule has 0 aliphatic carbocycles.